The van der Waals surface area contributed by atoms with Gasteiger partial charge in [-0.25, -0.2) is 0 Å². The van der Waals surface area contributed by atoms with E-state index in [1.807, 2.05) is 0 Å². The van der Waals surface area contributed by atoms with Crippen LogP contribution in [0.25, 0.3) is 0 Å². The number of aliphatic carboxylic acids is 1. The van der Waals surface area contributed by atoms with Crippen LogP contribution in [-0.2, 0) is 22.1 Å². The minimum atomic E-state index is -0.659. The normalized spacial score (nSPS) is 9.50. The van der Waals surface area contributed by atoms with Crippen molar-refractivity contribution >= 4 is 15.7 Å². The van der Waals surface area contributed by atoms with Crippen LogP contribution in [0.4, 0.5) is 0 Å². The summed E-state index contributed by atoms with van der Waals surface area (Å²) in [7, 11) is 4.76. The van der Waals surface area contributed by atoms with Crippen LogP contribution in [0.15, 0.2) is 0 Å². The van der Waals surface area contributed by atoms with E-state index in [4.69, 9.17) is 14.8 Å². The average molecular weight is 301 g/mol. The molecule has 0 aromatic heterocycles. The molecule has 0 radical (unpaired) electrons. The first kappa shape index (κ1) is 18.7. The Bertz CT molecular complexity index is 143. The van der Waals surface area contributed by atoms with E-state index >= 15 is 0 Å². The standard InChI is InChI=1S/C12H24O2.ClH.Zn/c1-2-3-4-5-6-7-8-9-10-11-12(13)14;;/h2-11H2,1H3,(H,13,14);1H;/q;;+1/p-1. The van der Waals surface area contributed by atoms with Crippen LogP contribution in [0, 0.1) is 0 Å². The van der Waals surface area contributed by atoms with Crippen LogP contribution in [0.3, 0.4) is 0 Å². The fourth-order valence-corrected chi connectivity index (χ4v) is 1.59. The van der Waals surface area contributed by atoms with Gasteiger partial charge < -0.3 is 5.11 Å². The second-order valence-corrected chi connectivity index (χ2v) is 3.97. The van der Waals surface area contributed by atoms with Crippen molar-refractivity contribution in [2.24, 2.45) is 0 Å². The fraction of sp³-hybridized carbons (Fsp3) is 0.917. The number of hydrogen-bond acceptors (Lipinski definition) is 1. The van der Waals surface area contributed by atoms with E-state index in [0.717, 1.165) is 30.2 Å². The van der Waals surface area contributed by atoms with E-state index in [1.165, 1.54) is 44.9 Å². The van der Waals surface area contributed by atoms with E-state index in [2.05, 4.69) is 6.92 Å². The van der Waals surface area contributed by atoms with Gasteiger partial charge in [-0.3, -0.25) is 4.79 Å². The van der Waals surface area contributed by atoms with Crippen molar-refractivity contribution in [1.82, 2.24) is 0 Å². The molecule has 4 heteroatoms. The number of unbranched alkanes of at least 4 members (excludes halogenated alkanes) is 8. The van der Waals surface area contributed by atoms with E-state index in [-0.39, 0.29) is 0 Å². The second-order valence-electron chi connectivity index (χ2n) is 3.97. The molecular weight excluding hydrogens is 277 g/mol. The molecule has 16 heavy (non-hydrogen) atoms. The molecule has 0 aliphatic rings. The molecule has 0 atom stereocenters. The Morgan fingerprint density at radius 1 is 0.938 bits per heavy atom. The van der Waals surface area contributed by atoms with Gasteiger partial charge in [-0.2, -0.15) is 0 Å². The van der Waals surface area contributed by atoms with Gasteiger partial charge >= 0.3 is 33.0 Å². The zero-order valence-electron chi connectivity index (χ0n) is 10.5. The van der Waals surface area contributed by atoms with Gasteiger partial charge in [0.25, 0.3) is 0 Å². The Morgan fingerprint density at radius 3 is 1.69 bits per heavy atom. The summed E-state index contributed by atoms with van der Waals surface area (Å²) in [5, 5.41) is 8.41. The van der Waals surface area contributed by atoms with Gasteiger partial charge in [0.1, 0.15) is 0 Å². The van der Waals surface area contributed by atoms with E-state index in [0.29, 0.717) is 6.42 Å². The summed E-state index contributed by atoms with van der Waals surface area (Å²) in [6.07, 6.45) is 11.5. The SMILES string of the molecule is CCCCCCCCCCCC(=O)O.[Cl][Zn]. The topological polar surface area (TPSA) is 37.3 Å². The number of carboxylic acids is 1. The molecule has 93 valence electrons. The molecule has 0 spiro atoms. The molecular formula is C12H24ClO2Zn. The van der Waals surface area contributed by atoms with Crippen molar-refractivity contribution in [2.45, 2.75) is 71.1 Å². The van der Waals surface area contributed by atoms with Crippen LogP contribution in [0.2, 0.25) is 0 Å². The summed E-state index contributed by atoms with van der Waals surface area (Å²) in [5.41, 5.74) is 0. The first-order valence-electron chi connectivity index (χ1n) is 6.26. The summed E-state index contributed by atoms with van der Waals surface area (Å²) in [6.45, 7) is 2.23. The first-order chi connectivity index (χ1) is 7.77. The Balaban J connectivity index is 0. The number of carboxylic acid groups (broad SMARTS) is 1. The predicted molar refractivity (Wildman–Crippen MR) is 65.3 cm³/mol. The second kappa shape index (κ2) is 17.8. The van der Waals surface area contributed by atoms with Crippen molar-refractivity contribution in [3.63, 3.8) is 0 Å². The van der Waals surface area contributed by atoms with Crippen LogP contribution in [0.1, 0.15) is 71.1 Å². The molecule has 0 heterocycles. The van der Waals surface area contributed by atoms with Crippen molar-refractivity contribution in [3.05, 3.63) is 0 Å². The maximum atomic E-state index is 10.2. The van der Waals surface area contributed by atoms with Gasteiger partial charge in [0.05, 0.1) is 0 Å². The van der Waals surface area contributed by atoms with Crippen LogP contribution in [-0.4, -0.2) is 11.1 Å². The molecule has 2 nitrogen and oxygen atoms in total. The summed E-state index contributed by atoms with van der Waals surface area (Å²) in [5.74, 6) is -0.659. The number of halogens is 1. The zero-order chi connectivity index (χ0) is 12.6. The third kappa shape index (κ3) is 19.9. The van der Waals surface area contributed by atoms with E-state index in [1.54, 1.807) is 0 Å². The van der Waals surface area contributed by atoms with Gasteiger partial charge in [0.15, 0.2) is 0 Å². The van der Waals surface area contributed by atoms with E-state index in [9.17, 15) is 4.79 Å². The van der Waals surface area contributed by atoms with Gasteiger partial charge in [0.2, 0.25) is 0 Å². The predicted octanol–water partition coefficient (Wildman–Crippen LogP) is 4.68. The molecule has 0 aliphatic heterocycles. The third-order valence-electron chi connectivity index (χ3n) is 2.49. The minimum absolute atomic E-state index is 0.343. The fourth-order valence-electron chi connectivity index (χ4n) is 1.59. The third-order valence-corrected chi connectivity index (χ3v) is 2.49. The Kier molecular flexibility index (Phi) is 20.8. The van der Waals surface area contributed by atoms with Crippen LogP contribution < -0.4 is 0 Å². The monoisotopic (exact) mass is 299 g/mol. The Hall–Kier alpha value is 0.383. The number of carbonyl (C=O) groups is 1. The first-order valence-corrected chi connectivity index (χ1v) is 10.2. The van der Waals surface area contributed by atoms with Gasteiger partial charge in [-0.15, -0.1) is 0 Å². The van der Waals surface area contributed by atoms with Crippen LogP contribution >= 0.6 is 9.69 Å². The Labute approximate surface area is 114 Å². The molecule has 0 unspecified atom stereocenters. The summed E-state index contributed by atoms with van der Waals surface area (Å²) in [6, 6.07) is 0. The summed E-state index contributed by atoms with van der Waals surface area (Å²) >= 11 is 0.847. The van der Waals surface area contributed by atoms with Crippen molar-refractivity contribution in [2.75, 3.05) is 0 Å². The zero-order valence-corrected chi connectivity index (χ0v) is 14.2. The molecule has 0 aromatic carbocycles. The molecule has 0 aliphatic carbocycles. The van der Waals surface area contributed by atoms with Gasteiger partial charge in [-0.1, -0.05) is 58.3 Å². The number of hydrogen-bond donors (Lipinski definition) is 1. The molecule has 1 N–H and O–H groups in total. The van der Waals surface area contributed by atoms with Crippen molar-refractivity contribution in [1.29, 1.82) is 0 Å². The van der Waals surface area contributed by atoms with Crippen LogP contribution in [0.5, 0.6) is 0 Å². The molecule has 0 saturated carbocycles. The summed E-state index contributed by atoms with van der Waals surface area (Å²) in [4.78, 5) is 10.2. The Morgan fingerprint density at radius 2 is 1.31 bits per heavy atom. The summed E-state index contributed by atoms with van der Waals surface area (Å²) < 4.78 is 0. The average Bonchev–Trinajstić information content (AvgIpc) is 2.29. The maximum absolute atomic E-state index is 10.2. The quantitative estimate of drug-likeness (QED) is 0.470. The van der Waals surface area contributed by atoms with Crippen molar-refractivity contribution in [3.8, 4) is 0 Å². The molecule has 0 rings (SSSR count). The molecule has 0 aromatic rings. The van der Waals surface area contributed by atoms with Gasteiger partial charge in [0, 0.05) is 6.42 Å². The van der Waals surface area contributed by atoms with Crippen molar-refractivity contribution < 1.29 is 27.2 Å². The van der Waals surface area contributed by atoms with Gasteiger partial charge in [-0.05, 0) is 6.42 Å². The molecule has 0 saturated heterocycles. The molecule has 0 amide bonds. The molecule has 0 fully saturated rings. The number of rotatable bonds is 10. The molecule has 0 bridgehead atoms. The van der Waals surface area contributed by atoms with E-state index < -0.39 is 5.97 Å².